The van der Waals surface area contributed by atoms with Gasteiger partial charge in [-0.15, -0.1) is 0 Å². The Labute approximate surface area is 112 Å². The van der Waals surface area contributed by atoms with Crippen molar-refractivity contribution in [1.82, 2.24) is 10.6 Å². The zero-order chi connectivity index (χ0) is 13.8. The summed E-state index contributed by atoms with van der Waals surface area (Å²) < 4.78 is 5.16. The minimum atomic E-state index is -0.154. The Hall–Kier alpha value is -0.610. The summed E-state index contributed by atoms with van der Waals surface area (Å²) in [6, 6.07) is 0.106. The maximum atomic E-state index is 11.8. The minimum absolute atomic E-state index is 0.0864. The molecule has 0 bridgehead atoms. The maximum Gasteiger partial charge on any atom is 0.236 e. The average molecular weight is 258 g/mol. The first-order valence-electron chi connectivity index (χ1n) is 7.18. The number of hydrogen-bond donors (Lipinski definition) is 2. The van der Waals surface area contributed by atoms with Crippen molar-refractivity contribution < 1.29 is 9.53 Å². The third-order valence-corrected chi connectivity index (χ3v) is 2.96. The van der Waals surface area contributed by atoms with Gasteiger partial charge in [0.1, 0.15) is 0 Å². The van der Waals surface area contributed by atoms with Crippen LogP contribution >= 0.6 is 0 Å². The van der Waals surface area contributed by atoms with Crippen LogP contribution in [-0.2, 0) is 9.53 Å². The predicted octanol–water partition coefficient (Wildman–Crippen LogP) is 2.09. The van der Waals surface area contributed by atoms with Crippen molar-refractivity contribution in [3.05, 3.63) is 0 Å². The van der Waals surface area contributed by atoms with Gasteiger partial charge in [0.15, 0.2) is 0 Å². The molecule has 0 fully saturated rings. The fourth-order valence-corrected chi connectivity index (χ4v) is 1.93. The third-order valence-electron chi connectivity index (χ3n) is 2.96. The number of carbonyl (C=O) groups is 1. The number of unbranched alkanes of at least 4 members (excludes halogenated alkanes) is 2. The third kappa shape index (κ3) is 8.48. The van der Waals surface area contributed by atoms with Crippen LogP contribution < -0.4 is 10.6 Å². The van der Waals surface area contributed by atoms with Gasteiger partial charge in [-0.05, 0) is 19.8 Å². The van der Waals surface area contributed by atoms with E-state index in [0.29, 0.717) is 6.61 Å². The summed E-state index contributed by atoms with van der Waals surface area (Å²) >= 11 is 0. The molecule has 0 rings (SSSR count). The van der Waals surface area contributed by atoms with E-state index in [9.17, 15) is 4.79 Å². The highest BCUT2D eigenvalue weighted by Gasteiger charge is 2.16. The molecule has 0 spiro atoms. The van der Waals surface area contributed by atoms with Gasteiger partial charge in [0, 0.05) is 19.7 Å². The molecule has 2 N–H and O–H groups in total. The molecule has 2 atom stereocenters. The van der Waals surface area contributed by atoms with Crippen LogP contribution in [0.4, 0.5) is 0 Å². The Kier molecular flexibility index (Phi) is 11.1. The second-order valence-electron chi connectivity index (χ2n) is 4.83. The van der Waals surface area contributed by atoms with E-state index in [4.69, 9.17) is 4.74 Å². The Morgan fingerprint density at radius 2 is 1.94 bits per heavy atom. The SMILES string of the molecule is CCCCCNC(=O)C(C)NC(CCC)COC. The lowest BCUT2D eigenvalue weighted by molar-refractivity contribution is -0.123. The fraction of sp³-hybridized carbons (Fsp3) is 0.929. The molecule has 0 aliphatic carbocycles. The summed E-state index contributed by atoms with van der Waals surface area (Å²) in [5, 5.41) is 6.29. The normalized spacial score (nSPS) is 14.2. The van der Waals surface area contributed by atoms with Crippen molar-refractivity contribution in [2.24, 2.45) is 0 Å². The Morgan fingerprint density at radius 3 is 2.50 bits per heavy atom. The molecule has 0 saturated carbocycles. The second kappa shape index (κ2) is 11.5. The second-order valence-corrected chi connectivity index (χ2v) is 4.83. The van der Waals surface area contributed by atoms with Crippen molar-refractivity contribution in [1.29, 1.82) is 0 Å². The molecule has 0 saturated heterocycles. The Bertz CT molecular complexity index is 204. The van der Waals surface area contributed by atoms with Gasteiger partial charge in [0.25, 0.3) is 0 Å². The monoisotopic (exact) mass is 258 g/mol. The van der Waals surface area contributed by atoms with Gasteiger partial charge >= 0.3 is 0 Å². The summed E-state index contributed by atoms with van der Waals surface area (Å²) in [5.41, 5.74) is 0. The number of amides is 1. The topological polar surface area (TPSA) is 50.4 Å². The molecule has 4 nitrogen and oxygen atoms in total. The predicted molar refractivity (Wildman–Crippen MR) is 75.7 cm³/mol. The molecule has 2 unspecified atom stereocenters. The maximum absolute atomic E-state index is 11.8. The van der Waals surface area contributed by atoms with E-state index in [1.165, 1.54) is 12.8 Å². The lowest BCUT2D eigenvalue weighted by atomic mass is 10.1. The van der Waals surface area contributed by atoms with E-state index in [0.717, 1.165) is 25.8 Å². The molecule has 0 aromatic carbocycles. The van der Waals surface area contributed by atoms with Crippen LogP contribution in [0.25, 0.3) is 0 Å². The van der Waals surface area contributed by atoms with Crippen LogP contribution in [0, 0.1) is 0 Å². The Balaban J connectivity index is 3.88. The molecule has 18 heavy (non-hydrogen) atoms. The van der Waals surface area contributed by atoms with Gasteiger partial charge < -0.3 is 15.4 Å². The van der Waals surface area contributed by atoms with Gasteiger partial charge in [-0.2, -0.15) is 0 Å². The quantitative estimate of drug-likeness (QED) is 0.558. The molecule has 0 aliphatic heterocycles. The van der Waals surface area contributed by atoms with E-state index in [1.54, 1.807) is 7.11 Å². The molecular weight excluding hydrogens is 228 g/mol. The largest absolute Gasteiger partial charge is 0.383 e. The highest BCUT2D eigenvalue weighted by atomic mass is 16.5. The summed E-state index contributed by atoms with van der Waals surface area (Å²) in [7, 11) is 1.69. The van der Waals surface area contributed by atoms with E-state index in [-0.39, 0.29) is 18.0 Å². The molecule has 108 valence electrons. The number of carbonyl (C=O) groups excluding carboxylic acids is 1. The zero-order valence-electron chi connectivity index (χ0n) is 12.4. The minimum Gasteiger partial charge on any atom is -0.383 e. The van der Waals surface area contributed by atoms with E-state index in [2.05, 4.69) is 24.5 Å². The van der Waals surface area contributed by atoms with Crippen molar-refractivity contribution in [3.63, 3.8) is 0 Å². The van der Waals surface area contributed by atoms with Crippen molar-refractivity contribution in [3.8, 4) is 0 Å². The van der Waals surface area contributed by atoms with Crippen LogP contribution in [0.15, 0.2) is 0 Å². The van der Waals surface area contributed by atoms with Gasteiger partial charge in [-0.1, -0.05) is 33.1 Å². The molecule has 0 aliphatic rings. The fourth-order valence-electron chi connectivity index (χ4n) is 1.93. The standard InChI is InChI=1S/C14H30N2O2/c1-5-7-8-10-15-14(17)12(3)16-13(9-6-2)11-18-4/h12-13,16H,5-11H2,1-4H3,(H,15,17). The molecule has 4 heteroatoms. The number of rotatable bonds is 11. The van der Waals surface area contributed by atoms with Crippen molar-refractivity contribution >= 4 is 5.91 Å². The average Bonchev–Trinajstić information content (AvgIpc) is 2.35. The van der Waals surface area contributed by atoms with Gasteiger partial charge in [0.2, 0.25) is 5.91 Å². The lowest BCUT2D eigenvalue weighted by Gasteiger charge is -2.22. The van der Waals surface area contributed by atoms with Gasteiger partial charge in [0.05, 0.1) is 12.6 Å². The molecule has 0 heterocycles. The highest BCUT2D eigenvalue weighted by Crippen LogP contribution is 1.99. The van der Waals surface area contributed by atoms with E-state index >= 15 is 0 Å². The van der Waals surface area contributed by atoms with E-state index in [1.807, 2.05) is 6.92 Å². The van der Waals surface area contributed by atoms with E-state index < -0.39 is 0 Å². The first-order chi connectivity index (χ1) is 8.65. The first kappa shape index (κ1) is 17.4. The van der Waals surface area contributed by atoms with Gasteiger partial charge in [-0.25, -0.2) is 0 Å². The summed E-state index contributed by atoms with van der Waals surface area (Å²) in [6.07, 6.45) is 5.53. The smallest absolute Gasteiger partial charge is 0.236 e. The number of nitrogens with one attached hydrogen (secondary N) is 2. The van der Waals surface area contributed by atoms with Gasteiger partial charge in [-0.3, -0.25) is 4.79 Å². The highest BCUT2D eigenvalue weighted by molar-refractivity contribution is 5.81. The lowest BCUT2D eigenvalue weighted by Crippen LogP contribution is -2.48. The number of hydrogen-bond acceptors (Lipinski definition) is 3. The molecule has 0 aromatic heterocycles. The molecule has 0 aromatic rings. The number of methoxy groups -OCH3 is 1. The summed E-state index contributed by atoms with van der Waals surface area (Å²) in [4.78, 5) is 11.8. The molecular formula is C14H30N2O2. The van der Waals surface area contributed by atoms with Crippen LogP contribution in [0.2, 0.25) is 0 Å². The van der Waals surface area contributed by atoms with Crippen LogP contribution in [0.1, 0.15) is 52.9 Å². The first-order valence-corrected chi connectivity index (χ1v) is 7.18. The zero-order valence-corrected chi connectivity index (χ0v) is 12.4. The number of ether oxygens (including phenoxy) is 1. The molecule has 1 amide bonds. The van der Waals surface area contributed by atoms with Crippen LogP contribution in [0.5, 0.6) is 0 Å². The van der Waals surface area contributed by atoms with Crippen molar-refractivity contribution in [2.45, 2.75) is 65.0 Å². The summed E-state index contributed by atoms with van der Waals surface area (Å²) in [6.45, 7) is 7.64. The van der Waals surface area contributed by atoms with Crippen LogP contribution in [-0.4, -0.2) is 38.3 Å². The Morgan fingerprint density at radius 1 is 1.22 bits per heavy atom. The summed E-state index contributed by atoms with van der Waals surface area (Å²) in [5.74, 6) is 0.0864. The van der Waals surface area contributed by atoms with Crippen molar-refractivity contribution in [2.75, 3.05) is 20.3 Å². The van der Waals surface area contributed by atoms with Crippen LogP contribution in [0.3, 0.4) is 0 Å². The molecule has 0 radical (unpaired) electrons.